The lowest BCUT2D eigenvalue weighted by Gasteiger charge is -2.24. The average molecular weight is 971 g/mol. The van der Waals surface area contributed by atoms with Gasteiger partial charge in [-0.1, -0.05) is 100 Å². The molecule has 0 saturated heterocycles. The first kappa shape index (κ1) is 53.2. The first-order chi connectivity index (χ1) is 33.1. The van der Waals surface area contributed by atoms with Crippen LogP contribution in [0, 0.1) is 11.8 Å². The third-order valence-corrected chi connectivity index (χ3v) is 10.9. The van der Waals surface area contributed by atoms with E-state index in [1.165, 1.54) is 36.7 Å². The highest BCUT2D eigenvalue weighted by molar-refractivity contribution is 5.94. The molecule has 12 nitrogen and oxygen atoms in total. The molecule has 0 aliphatic rings. The molecule has 0 bridgehead atoms. The summed E-state index contributed by atoms with van der Waals surface area (Å²) >= 11 is 0. The molecule has 0 fully saturated rings. The van der Waals surface area contributed by atoms with Gasteiger partial charge < -0.3 is 31.5 Å². The molecule has 18 heteroatoms. The molecular weight excluding hydrogens is 919 g/mol. The summed E-state index contributed by atoms with van der Waals surface area (Å²) in [6.45, 7) is 8.26. The molecule has 0 spiro atoms. The first-order valence-corrected chi connectivity index (χ1v) is 22.1. The normalized spacial score (nSPS) is 12.3. The number of aliphatic carboxylic acids is 2. The first-order valence-electron chi connectivity index (χ1n) is 22.1. The summed E-state index contributed by atoms with van der Waals surface area (Å²) < 4.78 is 76.8. The molecule has 0 saturated carbocycles. The summed E-state index contributed by atoms with van der Waals surface area (Å²) in [7, 11) is 0. The summed E-state index contributed by atoms with van der Waals surface area (Å²) in [6.07, 6.45) is -6.21. The highest BCUT2D eigenvalue weighted by Crippen LogP contribution is 2.34. The van der Waals surface area contributed by atoms with Crippen LogP contribution in [-0.4, -0.2) is 57.0 Å². The van der Waals surface area contributed by atoms with Crippen molar-refractivity contribution >= 4 is 35.4 Å². The molecule has 0 aliphatic heterocycles. The van der Waals surface area contributed by atoms with Gasteiger partial charge >= 0.3 is 24.3 Å². The SMILES string of the molecule is CC(C)C(Nc1ccc(C(=O)NCCC(=O)O)cn1)c1ccc(-c2ccc(C(F)(F)F)cc2)cc1.CC(C)C(Nc1ccc(C(=O)NCCC(=O)O)cn1)c1ccc(-c2ccc(C(F)(F)F)cc2)cc1. The number of carbonyl (C=O) groups excluding carboxylic acids is 2. The number of carbonyl (C=O) groups is 4. The number of carboxylic acids is 2. The number of anilines is 2. The van der Waals surface area contributed by atoms with Crippen molar-refractivity contribution < 1.29 is 55.7 Å². The van der Waals surface area contributed by atoms with Crippen LogP contribution in [0.2, 0.25) is 0 Å². The zero-order chi connectivity index (χ0) is 51.2. The van der Waals surface area contributed by atoms with Crippen molar-refractivity contribution in [1.29, 1.82) is 0 Å². The van der Waals surface area contributed by atoms with Gasteiger partial charge in [0.15, 0.2) is 0 Å². The van der Waals surface area contributed by atoms with E-state index in [4.69, 9.17) is 10.2 Å². The monoisotopic (exact) mass is 970 g/mol. The molecule has 6 aromatic rings. The number of pyridine rings is 2. The van der Waals surface area contributed by atoms with Gasteiger partial charge in [0.25, 0.3) is 11.8 Å². The Morgan fingerprint density at radius 2 is 0.771 bits per heavy atom. The van der Waals surface area contributed by atoms with Gasteiger partial charge in [-0.15, -0.1) is 0 Å². The minimum Gasteiger partial charge on any atom is -0.481 e. The van der Waals surface area contributed by atoms with E-state index in [-0.39, 0.29) is 49.9 Å². The Balaban J connectivity index is 0.000000261. The van der Waals surface area contributed by atoms with E-state index in [0.29, 0.717) is 33.9 Å². The molecule has 70 heavy (non-hydrogen) atoms. The summed E-state index contributed by atoms with van der Waals surface area (Å²) in [5.41, 5.74) is 4.24. The number of hydrogen-bond donors (Lipinski definition) is 6. The van der Waals surface area contributed by atoms with Gasteiger partial charge in [-0.2, -0.15) is 26.3 Å². The van der Waals surface area contributed by atoms with E-state index in [9.17, 15) is 45.5 Å². The van der Waals surface area contributed by atoms with E-state index in [1.807, 2.05) is 76.2 Å². The van der Waals surface area contributed by atoms with Crippen molar-refractivity contribution in [2.24, 2.45) is 11.8 Å². The summed E-state index contributed by atoms with van der Waals surface area (Å²) in [5.74, 6) is -1.27. The Hall–Kier alpha value is -7.76. The van der Waals surface area contributed by atoms with Gasteiger partial charge in [-0.3, -0.25) is 19.2 Å². The zero-order valence-electron chi connectivity index (χ0n) is 38.5. The van der Waals surface area contributed by atoms with Gasteiger partial charge in [0.05, 0.1) is 47.2 Å². The standard InChI is InChI=1S/2C26H26F3N3O3/c2*1-16(2)24(32-22-12-9-20(15-31-22)25(35)30-14-13-23(33)34)19-5-3-17(4-6-19)18-7-10-21(11-8-18)26(27,28)29/h2*3-12,15-16,24H,13-14H2,1-2H3,(H,30,35)(H,31,32)(H,33,34). The minimum atomic E-state index is -4.37. The lowest BCUT2D eigenvalue weighted by atomic mass is 9.94. The van der Waals surface area contributed by atoms with Crippen LogP contribution in [0.15, 0.2) is 134 Å². The molecule has 2 atom stereocenters. The van der Waals surface area contributed by atoms with Crippen molar-refractivity contribution in [2.45, 2.75) is 65.0 Å². The fourth-order valence-electron chi connectivity index (χ4n) is 7.05. The third kappa shape index (κ3) is 15.6. The van der Waals surface area contributed by atoms with E-state index in [2.05, 4.69) is 31.2 Å². The fraction of sp³-hybridized carbons (Fsp3) is 0.269. The quantitative estimate of drug-likeness (QED) is 0.0453. The van der Waals surface area contributed by atoms with Crippen molar-refractivity contribution in [2.75, 3.05) is 23.7 Å². The number of amides is 2. The largest absolute Gasteiger partial charge is 0.481 e. The second kappa shape index (κ2) is 24.0. The lowest BCUT2D eigenvalue weighted by Crippen LogP contribution is -2.26. The van der Waals surface area contributed by atoms with Crippen LogP contribution in [0.4, 0.5) is 38.0 Å². The molecular formula is C52H52F6N6O6. The fourth-order valence-corrected chi connectivity index (χ4v) is 7.05. The Morgan fingerprint density at radius 3 is 1.01 bits per heavy atom. The molecule has 4 aromatic carbocycles. The number of halogens is 6. The molecule has 2 aromatic heterocycles. The van der Waals surface area contributed by atoms with Gasteiger partial charge in [-0.05, 0) is 93.7 Å². The number of nitrogens with zero attached hydrogens (tertiary/aromatic N) is 2. The molecule has 2 heterocycles. The van der Waals surface area contributed by atoms with Crippen LogP contribution >= 0.6 is 0 Å². The average Bonchev–Trinajstić information content (AvgIpc) is 3.32. The van der Waals surface area contributed by atoms with Gasteiger partial charge in [0, 0.05) is 25.5 Å². The van der Waals surface area contributed by atoms with E-state index in [1.54, 1.807) is 24.3 Å². The van der Waals surface area contributed by atoms with Crippen LogP contribution in [0.3, 0.4) is 0 Å². The molecule has 6 N–H and O–H groups in total. The van der Waals surface area contributed by atoms with Crippen molar-refractivity contribution in [1.82, 2.24) is 20.6 Å². The number of aromatic nitrogens is 2. The molecule has 368 valence electrons. The second-order valence-electron chi connectivity index (χ2n) is 16.8. The predicted molar refractivity (Wildman–Crippen MR) is 254 cm³/mol. The van der Waals surface area contributed by atoms with Crippen molar-refractivity contribution in [3.63, 3.8) is 0 Å². The van der Waals surface area contributed by atoms with Gasteiger partial charge in [0.2, 0.25) is 0 Å². The maximum atomic E-state index is 12.8. The van der Waals surface area contributed by atoms with Crippen molar-refractivity contribution in [3.05, 3.63) is 167 Å². The zero-order valence-corrected chi connectivity index (χ0v) is 38.5. The highest BCUT2D eigenvalue weighted by atomic mass is 19.4. The van der Waals surface area contributed by atoms with E-state index in [0.717, 1.165) is 46.5 Å². The Kier molecular flexibility index (Phi) is 18.2. The number of hydrogen-bond acceptors (Lipinski definition) is 8. The Bertz CT molecular complexity index is 2470. The highest BCUT2D eigenvalue weighted by Gasteiger charge is 2.31. The molecule has 6 rings (SSSR count). The van der Waals surface area contributed by atoms with Crippen LogP contribution < -0.4 is 21.3 Å². The summed E-state index contributed by atoms with van der Waals surface area (Å²) in [5, 5.41) is 29.1. The molecule has 2 unspecified atom stereocenters. The van der Waals surface area contributed by atoms with Gasteiger partial charge in [-0.25, -0.2) is 9.97 Å². The number of rotatable bonds is 18. The van der Waals surface area contributed by atoms with Crippen LogP contribution in [0.5, 0.6) is 0 Å². The molecule has 0 radical (unpaired) electrons. The predicted octanol–water partition coefficient (Wildman–Crippen LogP) is 11.6. The van der Waals surface area contributed by atoms with Crippen LogP contribution in [-0.2, 0) is 21.9 Å². The van der Waals surface area contributed by atoms with Gasteiger partial charge in [0.1, 0.15) is 11.6 Å². The maximum Gasteiger partial charge on any atom is 0.416 e. The van der Waals surface area contributed by atoms with E-state index < -0.39 is 47.2 Å². The summed E-state index contributed by atoms with van der Waals surface area (Å²) in [6, 6.07) is 31.7. The van der Waals surface area contributed by atoms with Crippen molar-refractivity contribution in [3.8, 4) is 22.3 Å². The Morgan fingerprint density at radius 1 is 0.471 bits per heavy atom. The number of carboxylic acid groups (broad SMARTS) is 2. The third-order valence-electron chi connectivity index (χ3n) is 10.9. The lowest BCUT2D eigenvalue weighted by molar-refractivity contribution is -0.138. The second-order valence-corrected chi connectivity index (χ2v) is 16.8. The minimum absolute atomic E-state index is 0.0338. The Labute approximate surface area is 400 Å². The number of benzene rings is 4. The number of alkyl halides is 6. The topological polar surface area (TPSA) is 183 Å². The maximum absolute atomic E-state index is 12.8. The van der Waals surface area contributed by atoms with E-state index >= 15 is 0 Å². The van der Waals surface area contributed by atoms with Crippen LogP contribution in [0.1, 0.15) is 95.6 Å². The number of nitrogens with one attached hydrogen (secondary N) is 4. The molecule has 2 amide bonds. The smallest absolute Gasteiger partial charge is 0.416 e. The summed E-state index contributed by atoms with van der Waals surface area (Å²) in [4.78, 5) is 53.9. The van der Waals surface area contributed by atoms with Crippen LogP contribution in [0.25, 0.3) is 22.3 Å². The molecule has 0 aliphatic carbocycles.